The number of aromatic amines is 2. The summed E-state index contributed by atoms with van der Waals surface area (Å²) < 4.78 is 5.15. The Kier molecular flexibility index (Phi) is 4.94. The van der Waals surface area contributed by atoms with E-state index in [1.165, 1.54) is 18.6 Å². The first-order valence-corrected chi connectivity index (χ1v) is 8.93. The number of methoxy groups -OCH3 is 1. The molecule has 0 radical (unpaired) electrons. The van der Waals surface area contributed by atoms with Crippen LogP contribution >= 0.6 is 0 Å². The second kappa shape index (κ2) is 7.85. The molecule has 0 spiro atoms. The molecule has 2 aromatic carbocycles. The van der Waals surface area contributed by atoms with Crippen molar-refractivity contribution < 1.29 is 9.66 Å². The molecule has 4 rings (SSSR count). The van der Waals surface area contributed by atoms with Crippen molar-refractivity contribution in [3.8, 4) is 5.75 Å². The highest BCUT2D eigenvalue weighted by Gasteiger charge is 2.12. The predicted molar refractivity (Wildman–Crippen MR) is 114 cm³/mol. The Morgan fingerprint density at radius 1 is 1.03 bits per heavy atom. The molecule has 0 aliphatic rings. The third-order valence-corrected chi connectivity index (χ3v) is 4.52. The summed E-state index contributed by atoms with van der Waals surface area (Å²) in [6.45, 7) is 0. The minimum atomic E-state index is -0.418. The number of benzene rings is 2. The topological polar surface area (TPSA) is 96.8 Å². The van der Waals surface area contributed by atoms with Gasteiger partial charge >= 0.3 is 0 Å². The molecule has 2 heterocycles. The fourth-order valence-electron chi connectivity index (χ4n) is 3.01. The van der Waals surface area contributed by atoms with Gasteiger partial charge in [-0.15, -0.1) is 0 Å². The van der Waals surface area contributed by atoms with Crippen LogP contribution in [-0.2, 0) is 0 Å². The summed E-state index contributed by atoms with van der Waals surface area (Å²) in [5.41, 5.74) is 4.11. The molecule has 4 aromatic rings. The monoisotopic (exact) mass is 386 g/mol. The number of aromatic nitrogens is 3. The lowest BCUT2D eigenvalue weighted by atomic mass is 10.1. The van der Waals surface area contributed by atoms with E-state index in [1.54, 1.807) is 24.3 Å². The van der Waals surface area contributed by atoms with Crippen LogP contribution in [0.15, 0.2) is 54.7 Å². The normalized spacial score (nSPS) is 11.6. The average molecular weight is 386 g/mol. The first-order valence-electron chi connectivity index (χ1n) is 8.93. The average Bonchev–Trinajstić information content (AvgIpc) is 3.39. The number of rotatable bonds is 6. The largest absolute Gasteiger partial charge is 0.497 e. The lowest BCUT2D eigenvalue weighted by Gasteiger charge is -2.01. The first kappa shape index (κ1) is 18.2. The molecule has 7 nitrogen and oxygen atoms in total. The van der Waals surface area contributed by atoms with Gasteiger partial charge in [-0.2, -0.15) is 5.10 Å². The molecule has 0 amide bonds. The number of hydrogen-bond donors (Lipinski definition) is 2. The van der Waals surface area contributed by atoms with Gasteiger partial charge in [0.05, 0.1) is 29.0 Å². The van der Waals surface area contributed by atoms with Gasteiger partial charge in [0.1, 0.15) is 5.75 Å². The van der Waals surface area contributed by atoms with Crippen molar-refractivity contribution in [1.82, 2.24) is 15.2 Å². The van der Waals surface area contributed by atoms with Gasteiger partial charge in [0.2, 0.25) is 0 Å². The Morgan fingerprint density at radius 2 is 1.93 bits per heavy atom. The van der Waals surface area contributed by atoms with E-state index in [4.69, 9.17) is 4.74 Å². The molecule has 0 atom stereocenters. The number of fused-ring (bicyclic) bond motifs is 1. The van der Waals surface area contributed by atoms with Gasteiger partial charge in [-0.3, -0.25) is 15.2 Å². The van der Waals surface area contributed by atoms with Crippen molar-refractivity contribution in [1.29, 1.82) is 0 Å². The lowest BCUT2D eigenvalue weighted by molar-refractivity contribution is -0.385. The molecular weight excluding hydrogens is 368 g/mol. The molecule has 0 saturated heterocycles. The number of nitrogens with zero attached hydrogens (tertiary/aromatic N) is 2. The minimum absolute atomic E-state index is 0.0115. The van der Waals surface area contributed by atoms with Crippen molar-refractivity contribution in [3.05, 3.63) is 87.4 Å². The smallest absolute Gasteiger partial charge is 0.276 e. The molecule has 2 N–H and O–H groups in total. The maximum Gasteiger partial charge on any atom is 0.276 e. The van der Waals surface area contributed by atoms with Crippen LogP contribution in [0.5, 0.6) is 5.75 Å². The van der Waals surface area contributed by atoms with Crippen LogP contribution in [0.1, 0.15) is 22.5 Å². The van der Waals surface area contributed by atoms with Crippen LogP contribution in [0.25, 0.3) is 35.2 Å². The van der Waals surface area contributed by atoms with E-state index >= 15 is 0 Å². The van der Waals surface area contributed by atoms with E-state index in [9.17, 15) is 10.1 Å². The Labute approximate surface area is 166 Å². The second-order valence-corrected chi connectivity index (χ2v) is 6.42. The highest BCUT2D eigenvalue weighted by molar-refractivity contribution is 5.83. The number of H-pyrrole nitrogens is 2. The summed E-state index contributed by atoms with van der Waals surface area (Å²) in [4.78, 5) is 14.0. The van der Waals surface area contributed by atoms with E-state index in [-0.39, 0.29) is 5.69 Å². The minimum Gasteiger partial charge on any atom is -0.497 e. The van der Waals surface area contributed by atoms with Gasteiger partial charge in [-0.05, 0) is 59.5 Å². The summed E-state index contributed by atoms with van der Waals surface area (Å²) in [5, 5.41) is 19.6. The number of nitro groups is 1. The molecule has 0 aliphatic heterocycles. The Bertz CT molecular complexity index is 1230. The van der Waals surface area contributed by atoms with E-state index in [1.807, 2.05) is 36.5 Å². The fraction of sp³-hybridized carbons (Fsp3) is 0.0455. The van der Waals surface area contributed by atoms with Crippen molar-refractivity contribution in [2.45, 2.75) is 0 Å². The highest BCUT2D eigenvalue weighted by Crippen LogP contribution is 2.26. The Hall–Kier alpha value is -4.13. The van der Waals surface area contributed by atoms with Crippen LogP contribution in [0.3, 0.4) is 0 Å². The van der Waals surface area contributed by atoms with Crippen molar-refractivity contribution in [3.63, 3.8) is 0 Å². The molecule has 144 valence electrons. The molecule has 0 bridgehead atoms. The number of ether oxygens (including phenoxy) is 1. The molecule has 0 unspecified atom stereocenters. The van der Waals surface area contributed by atoms with Crippen LogP contribution < -0.4 is 4.74 Å². The fourth-order valence-corrected chi connectivity index (χ4v) is 3.01. The molecule has 2 aromatic heterocycles. The van der Waals surface area contributed by atoms with Crippen molar-refractivity contribution in [2.24, 2.45) is 0 Å². The van der Waals surface area contributed by atoms with Crippen molar-refractivity contribution >= 4 is 40.9 Å². The summed E-state index contributed by atoms with van der Waals surface area (Å²) in [7, 11) is 1.52. The SMILES string of the molecule is COc1ccc([N+](=O)[O-])c(/C=C/c2cc(/C=C/c3ccc4cc[nH]c4c3)[nH]n2)c1. The van der Waals surface area contributed by atoms with Crippen LogP contribution in [0, 0.1) is 10.1 Å². The number of hydrogen-bond acceptors (Lipinski definition) is 4. The molecular formula is C22H18N4O3. The summed E-state index contributed by atoms with van der Waals surface area (Å²) in [6.07, 6.45) is 9.22. The lowest BCUT2D eigenvalue weighted by Crippen LogP contribution is -1.92. The van der Waals surface area contributed by atoms with Crippen molar-refractivity contribution in [2.75, 3.05) is 7.11 Å². The van der Waals surface area contributed by atoms with Gasteiger partial charge < -0.3 is 9.72 Å². The zero-order chi connectivity index (χ0) is 20.2. The van der Waals surface area contributed by atoms with Crippen LogP contribution in [0.2, 0.25) is 0 Å². The standard InChI is InChI=1S/C22H18N4O3/c1-29-20-8-9-22(26(27)28)17(13-20)5-7-19-14-18(24-25-19)6-3-15-2-4-16-10-11-23-21(16)12-15/h2-14,23H,1H3,(H,24,25)/b6-3+,7-5+. The van der Waals surface area contributed by atoms with E-state index in [2.05, 4.69) is 27.3 Å². The third kappa shape index (κ3) is 4.08. The van der Waals surface area contributed by atoms with Gasteiger partial charge in [0.15, 0.2) is 0 Å². The summed E-state index contributed by atoms with van der Waals surface area (Å²) in [5.74, 6) is 0.555. The quantitative estimate of drug-likeness (QED) is 0.354. The van der Waals surface area contributed by atoms with Gasteiger partial charge in [-0.25, -0.2) is 0 Å². The molecule has 29 heavy (non-hydrogen) atoms. The Morgan fingerprint density at radius 3 is 2.76 bits per heavy atom. The molecule has 0 aliphatic carbocycles. The Balaban J connectivity index is 1.52. The highest BCUT2D eigenvalue weighted by atomic mass is 16.6. The summed E-state index contributed by atoms with van der Waals surface area (Å²) >= 11 is 0. The maximum absolute atomic E-state index is 11.2. The van der Waals surface area contributed by atoms with Gasteiger partial charge in [0, 0.05) is 17.8 Å². The van der Waals surface area contributed by atoms with Gasteiger partial charge in [-0.1, -0.05) is 18.2 Å². The summed E-state index contributed by atoms with van der Waals surface area (Å²) in [6, 6.07) is 14.7. The molecule has 0 fully saturated rings. The number of nitro benzene ring substituents is 1. The second-order valence-electron chi connectivity index (χ2n) is 6.42. The first-order chi connectivity index (χ1) is 14.1. The maximum atomic E-state index is 11.2. The van der Waals surface area contributed by atoms with E-state index < -0.39 is 4.92 Å². The predicted octanol–water partition coefficient (Wildman–Crippen LogP) is 5.15. The molecule has 7 heteroatoms. The number of nitrogens with one attached hydrogen (secondary N) is 2. The third-order valence-electron chi connectivity index (χ3n) is 4.52. The molecule has 0 saturated carbocycles. The zero-order valence-corrected chi connectivity index (χ0v) is 15.6. The van der Waals surface area contributed by atoms with Crippen LogP contribution in [-0.4, -0.2) is 27.2 Å². The van der Waals surface area contributed by atoms with Gasteiger partial charge in [0.25, 0.3) is 5.69 Å². The van der Waals surface area contributed by atoms with E-state index in [0.29, 0.717) is 17.0 Å². The van der Waals surface area contributed by atoms with Crippen LogP contribution in [0.4, 0.5) is 5.69 Å². The van der Waals surface area contributed by atoms with E-state index in [0.717, 1.165) is 16.8 Å². The zero-order valence-electron chi connectivity index (χ0n) is 15.6.